The van der Waals surface area contributed by atoms with Gasteiger partial charge in [-0.05, 0) is 86.7 Å². The molecule has 0 heterocycles. The molecule has 1 N–H and O–H groups in total. The van der Waals surface area contributed by atoms with E-state index in [0.717, 1.165) is 29.8 Å². The summed E-state index contributed by atoms with van der Waals surface area (Å²) in [5.74, 6) is 0. The lowest BCUT2D eigenvalue weighted by Gasteiger charge is -2.38. The quantitative estimate of drug-likeness (QED) is 0.237. The molecule has 2 aliphatic rings. The van der Waals surface area contributed by atoms with Gasteiger partial charge in [0.2, 0.25) is 0 Å². The van der Waals surface area contributed by atoms with E-state index in [2.05, 4.69) is 151 Å². The van der Waals surface area contributed by atoms with Crippen LogP contribution in [-0.2, 0) is 11.8 Å². The molecule has 6 aromatic rings. The van der Waals surface area contributed by atoms with E-state index in [1.54, 1.807) is 0 Å². The second-order valence-electron chi connectivity index (χ2n) is 11.4. The fraction of sp³-hybridized carbons (Fsp3) is 0.0732. The maximum Gasteiger partial charge on any atom is 0.0473 e. The number of fused-ring (bicyclic) bond motifs is 8. The van der Waals surface area contributed by atoms with Crippen molar-refractivity contribution in [2.45, 2.75) is 18.3 Å². The highest BCUT2D eigenvalue weighted by Crippen LogP contribution is 2.58. The summed E-state index contributed by atoms with van der Waals surface area (Å²) in [7, 11) is 0. The minimum atomic E-state index is -0.270. The maximum absolute atomic E-state index is 4.78. The van der Waals surface area contributed by atoms with E-state index in [1.807, 2.05) is 0 Å². The van der Waals surface area contributed by atoms with Crippen molar-refractivity contribution in [2.24, 2.45) is 0 Å². The van der Waals surface area contributed by atoms with Crippen molar-refractivity contribution < 1.29 is 0 Å². The Hall–Kier alpha value is -5.14. The van der Waals surface area contributed by atoms with E-state index in [4.69, 9.17) is 6.58 Å². The Morgan fingerprint density at radius 3 is 1.79 bits per heavy atom. The Bertz CT molecular complexity index is 1920. The molecule has 0 bridgehead atoms. The van der Waals surface area contributed by atoms with Gasteiger partial charge in [0.15, 0.2) is 0 Å². The number of nitrogens with one attached hydrogen (secondary N) is 1. The second-order valence-corrected chi connectivity index (χ2v) is 11.4. The lowest BCUT2D eigenvalue weighted by Crippen LogP contribution is -2.30. The molecule has 1 spiro atoms. The molecule has 0 saturated carbocycles. The van der Waals surface area contributed by atoms with Crippen LogP contribution in [0.5, 0.6) is 0 Å². The molecule has 0 radical (unpaired) electrons. The minimum absolute atomic E-state index is 0.270. The minimum Gasteiger partial charge on any atom is -0.355 e. The lowest BCUT2D eigenvalue weighted by molar-refractivity contribution is 0.569. The van der Waals surface area contributed by atoms with Crippen molar-refractivity contribution in [2.75, 3.05) is 5.32 Å². The van der Waals surface area contributed by atoms with Gasteiger partial charge in [-0.3, -0.25) is 0 Å². The van der Waals surface area contributed by atoms with Crippen molar-refractivity contribution in [3.8, 4) is 22.3 Å². The average Bonchev–Trinajstić information content (AvgIpc) is 3.34. The molecule has 0 atom stereocenters. The molecular weight excluding hydrogens is 506 g/mol. The van der Waals surface area contributed by atoms with Gasteiger partial charge in [0.25, 0.3) is 0 Å². The number of aryl methyl sites for hydroxylation is 1. The first-order valence-electron chi connectivity index (χ1n) is 14.8. The molecular formula is C41H31N. The van der Waals surface area contributed by atoms with Gasteiger partial charge in [-0.15, -0.1) is 0 Å². The monoisotopic (exact) mass is 537 g/mol. The van der Waals surface area contributed by atoms with Gasteiger partial charge < -0.3 is 5.32 Å². The first kappa shape index (κ1) is 24.6. The van der Waals surface area contributed by atoms with Gasteiger partial charge in [0.1, 0.15) is 0 Å². The molecule has 1 nitrogen and oxygen atoms in total. The van der Waals surface area contributed by atoms with Crippen LogP contribution in [0.3, 0.4) is 0 Å². The van der Waals surface area contributed by atoms with E-state index in [-0.39, 0.29) is 5.41 Å². The van der Waals surface area contributed by atoms with Gasteiger partial charge in [-0.1, -0.05) is 134 Å². The van der Waals surface area contributed by atoms with E-state index in [1.165, 1.54) is 55.6 Å². The van der Waals surface area contributed by atoms with Crippen molar-refractivity contribution >= 4 is 16.9 Å². The summed E-state index contributed by atoms with van der Waals surface area (Å²) in [6.07, 6.45) is 1.98. The van der Waals surface area contributed by atoms with Crippen LogP contribution in [0, 0.1) is 0 Å². The molecule has 8 rings (SSSR count). The van der Waals surface area contributed by atoms with E-state index in [9.17, 15) is 0 Å². The molecule has 0 unspecified atom stereocenters. The first-order chi connectivity index (χ1) is 20.7. The largest absolute Gasteiger partial charge is 0.355 e. The standard InChI is InChI=1S/C41H31N/c1-28-33-15-6-5-14-31(33)26-27-41(36-18-9-7-16-34(36)35-17-8-10-19-37(35)41)38-20-11-21-39(40(28)38)42-32-24-22-30(23-25-32)29-12-3-2-4-13-29/h2-25,42H,1,26-27H2. The SMILES string of the molecule is C=C1c2ccccc2CCC2(c3ccccc3-c3ccccc32)c2cccc(Nc3ccc(-c4ccccc4)cc3)c21. The van der Waals surface area contributed by atoms with Crippen molar-refractivity contribution in [1.29, 1.82) is 0 Å². The van der Waals surface area contributed by atoms with Crippen LogP contribution in [0.2, 0.25) is 0 Å². The maximum atomic E-state index is 4.78. The number of rotatable bonds is 3. The zero-order valence-electron chi connectivity index (χ0n) is 23.5. The third-order valence-corrected chi connectivity index (χ3v) is 9.27. The number of anilines is 2. The summed E-state index contributed by atoms with van der Waals surface area (Å²) in [5, 5.41) is 3.81. The molecule has 0 aliphatic heterocycles. The Morgan fingerprint density at radius 1 is 0.500 bits per heavy atom. The van der Waals surface area contributed by atoms with Crippen LogP contribution in [0.15, 0.2) is 152 Å². The Balaban J connectivity index is 1.34. The molecule has 1 heteroatoms. The molecule has 42 heavy (non-hydrogen) atoms. The topological polar surface area (TPSA) is 12.0 Å². The Kier molecular flexibility index (Phi) is 5.72. The fourth-order valence-electron chi connectivity index (χ4n) is 7.38. The highest BCUT2D eigenvalue weighted by molar-refractivity contribution is 5.93. The van der Waals surface area contributed by atoms with Gasteiger partial charge in [-0.25, -0.2) is 0 Å². The summed E-state index contributed by atoms with van der Waals surface area (Å²) >= 11 is 0. The summed E-state index contributed by atoms with van der Waals surface area (Å²) in [6, 6.07) is 52.9. The van der Waals surface area contributed by atoms with Crippen molar-refractivity contribution in [3.63, 3.8) is 0 Å². The van der Waals surface area contributed by atoms with Crippen molar-refractivity contribution in [3.05, 3.63) is 186 Å². The normalized spacial score (nSPS) is 14.2. The summed E-state index contributed by atoms with van der Waals surface area (Å²) in [4.78, 5) is 0. The molecule has 2 aliphatic carbocycles. The predicted octanol–water partition coefficient (Wildman–Crippen LogP) is 10.4. The van der Waals surface area contributed by atoms with Gasteiger partial charge >= 0.3 is 0 Å². The van der Waals surface area contributed by atoms with Crippen molar-refractivity contribution in [1.82, 2.24) is 0 Å². The average molecular weight is 538 g/mol. The van der Waals surface area contributed by atoms with Crippen LogP contribution < -0.4 is 5.32 Å². The smallest absolute Gasteiger partial charge is 0.0473 e. The van der Waals surface area contributed by atoms with E-state index < -0.39 is 0 Å². The van der Waals surface area contributed by atoms with E-state index in [0.29, 0.717) is 0 Å². The van der Waals surface area contributed by atoms with Crippen LogP contribution in [0.1, 0.15) is 39.8 Å². The third kappa shape index (κ3) is 3.71. The molecule has 0 amide bonds. The highest BCUT2D eigenvalue weighted by atomic mass is 14.9. The van der Waals surface area contributed by atoms with Gasteiger partial charge in [0, 0.05) is 22.4 Å². The lowest BCUT2D eigenvalue weighted by atomic mass is 9.65. The number of hydrogen-bond acceptors (Lipinski definition) is 1. The van der Waals surface area contributed by atoms with E-state index >= 15 is 0 Å². The zero-order chi connectivity index (χ0) is 28.1. The Labute approximate surface area is 247 Å². The predicted molar refractivity (Wildman–Crippen MR) is 176 cm³/mol. The van der Waals surface area contributed by atoms with Gasteiger partial charge in [-0.2, -0.15) is 0 Å². The summed E-state index contributed by atoms with van der Waals surface area (Å²) in [5.41, 5.74) is 16.0. The first-order valence-corrected chi connectivity index (χ1v) is 14.8. The summed E-state index contributed by atoms with van der Waals surface area (Å²) < 4.78 is 0. The molecule has 0 saturated heterocycles. The second kappa shape index (κ2) is 9.75. The molecule has 0 aromatic heterocycles. The number of hydrogen-bond donors (Lipinski definition) is 1. The zero-order valence-corrected chi connectivity index (χ0v) is 23.5. The van der Waals surface area contributed by atoms with Crippen LogP contribution in [0.25, 0.3) is 27.8 Å². The van der Waals surface area contributed by atoms with Crippen LogP contribution in [0.4, 0.5) is 11.4 Å². The van der Waals surface area contributed by atoms with Crippen LogP contribution >= 0.6 is 0 Å². The fourth-order valence-corrected chi connectivity index (χ4v) is 7.38. The third-order valence-electron chi connectivity index (χ3n) is 9.27. The Morgan fingerprint density at radius 2 is 1.07 bits per heavy atom. The molecule has 200 valence electrons. The molecule has 0 fully saturated rings. The summed E-state index contributed by atoms with van der Waals surface area (Å²) in [6.45, 7) is 4.78. The van der Waals surface area contributed by atoms with Gasteiger partial charge in [0.05, 0.1) is 0 Å². The highest BCUT2D eigenvalue weighted by Gasteiger charge is 2.46. The number of benzene rings is 6. The van der Waals surface area contributed by atoms with Crippen LogP contribution in [-0.4, -0.2) is 0 Å². The molecule has 6 aromatic carbocycles.